The molecule has 2 aromatic heterocycles. The maximum Gasteiger partial charge on any atom is 0.257 e. The highest BCUT2D eigenvalue weighted by Crippen LogP contribution is 2.40. The Morgan fingerprint density at radius 1 is 1.32 bits per heavy atom. The zero-order chi connectivity index (χ0) is 22.0. The molecule has 2 N–H and O–H groups in total. The largest absolute Gasteiger partial charge is 0.329 e. The second kappa shape index (κ2) is 8.86. The number of rotatable bonds is 6. The molecule has 1 saturated carbocycles. The molecule has 1 saturated heterocycles. The van der Waals surface area contributed by atoms with Gasteiger partial charge in [0.25, 0.3) is 5.92 Å². The Morgan fingerprint density at radius 2 is 2.13 bits per heavy atom. The van der Waals surface area contributed by atoms with Crippen LogP contribution in [0.15, 0.2) is 41.5 Å². The maximum atomic E-state index is 14.6. The smallest absolute Gasteiger partial charge is 0.257 e. The van der Waals surface area contributed by atoms with Crippen molar-refractivity contribution in [1.82, 2.24) is 14.9 Å². The Labute approximate surface area is 180 Å². The Bertz CT molecular complexity index is 952. The number of anilines is 1. The van der Waals surface area contributed by atoms with Crippen molar-refractivity contribution in [3.63, 3.8) is 0 Å². The number of piperidine rings is 1. The third kappa shape index (κ3) is 5.01. The van der Waals surface area contributed by atoms with Crippen molar-refractivity contribution in [2.75, 3.05) is 18.4 Å². The third-order valence-corrected chi connectivity index (χ3v) is 6.62. The summed E-state index contributed by atoms with van der Waals surface area (Å²) in [6.07, 6.45) is 7.65. The van der Waals surface area contributed by atoms with Gasteiger partial charge in [-0.3, -0.25) is 14.5 Å². The minimum absolute atomic E-state index is 0.0292. The molecule has 0 radical (unpaired) electrons. The van der Waals surface area contributed by atoms with E-state index in [0.717, 1.165) is 17.9 Å². The molecule has 8 heteroatoms. The van der Waals surface area contributed by atoms with Crippen LogP contribution < -0.4 is 10.9 Å². The summed E-state index contributed by atoms with van der Waals surface area (Å²) in [6.45, 7) is 1.87. The van der Waals surface area contributed by atoms with Gasteiger partial charge < -0.3 is 10.3 Å². The lowest BCUT2D eigenvalue weighted by Gasteiger charge is -2.40. The molecule has 2 aromatic rings. The molecule has 1 aliphatic carbocycles. The van der Waals surface area contributed by atoms with E-state index >= 15 is 0 Å². The van der Waals surface area contributed by atoms with Crippen molar-refractivity contribution in [3.05, 3.63) is 58.1 Å². The molecule has 2 fully saturated rings. The van der Waals surface area contributed by atoms with E-state index in [1.54, 1.807) is 24.1 Å². The monoisotopic (exact) mass is 430 g/mol. The second-order valence-corrected chi connectivity index (χ2v) is 8.76. The maximum absolute atomic E-state index is 14.6. The van der Waals surface area contributed by atoms with E-state index in [1.165, 1.54) is 37.6 Å². The number of pyridine rings is 2. The zero-order valence-electron chi connectivity index (χ0n) is 17.6. The fraction of sp³-hybridized carbons (Fsp3) is 0.522. The minimum Gasteiger partial charge on any atom is -0.329 e. The standard InChI is InChI=1S/C23H28F2N4O2/c1-15(22(31)28-20-7-5-17(12-26-20)11-16-3-2-4-16)29-10-9-23(24,25)19(14-29)18-6-8-21(30)27-13-18/h5-8,12-13,15-16,19H,2-4,9-11,14H2,1H3,(H,27,30)(H,26,28,31)/t15-,19+/m0/s1. The first-order chi connectivity index (χ1) is 14.8. The van der Waals surface area contributed by atoms with Gasteiger partial charge in [0.1, 0.15) is 5.82 Å². The van der Waals surface area contributed by atoms with Crippen molar-refractivity contribution in [3.8, 4) is 0 Å². The van der Waals surface area contributed by atoms with Crippen LogP contribution in [0.25, 0.3) is 0 Å². The molecule has 2 atom stereocenters. The molecule has 6 nitrogen and oxygen atoms in total. The lowest BCUT2D eigenvalue weighted by Crippen LogP contribution is -2.52. The predicted octanol–water partition coefficient (Wildman–Crippen LogP) is 3.56. The van der Waals surface area contributed by atoms with Crippen LogP contribution in [0, 0.1) is 5.92 Å². The van der Waals surface area contributed by atoms with Gasteiger partial charge in [-0.1, -0.05) is 31.4 Å². The first-order valence-electron chi connectivity index (χ1n) is 10.9. The summed E-state index contributed by atoms with van der Waals surface area (Å²) in [5, 5.41) is 2.80. The first-order valence-corrected chi connectivity index (χ1v) is 10.9. The Balaban J connectivity index is 1.38. The summed E-state index contributed by atoms with van der Waals surface area (Å²) < 4.78 is 29.1. The fourth-order valence-corrected chi connectivity index (χ4v) is 4.31. The van der Waals surface area contributed by atoms with E-state index in [1.807, 2.05) is 6.07 Å². The van der Waals surface area contributed by atoms with Crippen LogP contribution in [0.4, 0.5) is 14.6 Å². The Hall–Kier alpha value is -2.61. The molecule has 4 rings (SSSR count). The lowest BCUT2D eigenvalue weighted by molar-refractivity contribution is -0.125. The van der Waals surface area contributed by atoms with Crippen LogP contribution in [-0.2, 0) is 11.2 Å². The Kier molecular flexibility index (Phi) is 6.18. The van der Waals surface area contributed by atoms with Crippen LogP contribution in [-0.4, -0.2) is 45.8 Å². The minimum atomic E-state index is -2.90. The van der Waals surface area contributed by atoms with Gasteiger partial charge in [-0.2, -0.15) is 0 Å². The SMILES string of the molecule is C[C@@H](C(=O)Nc1ccc(CC2CCC2)cn1)N1CCC(F)(F)[C@@H](c2ccc(=O)[nH]c2)C1. The normalized spacial score (nSPS) is 22.5. The Morgan fingerprint density at radius 3 is 2.74 bits per heavy atom. The van der Waals surface area contributed by atoms with Gasteiger partial charge in [0.05, 0.1) is 12.0 Å². The van der Waals surface area contributed by atoms with E-state index in [-0.39, 0.29) is 31.0 Å². The average Bonchev–Trinajstić information content (AvgIpc) is 2.72. The molecular weight excluding hydrogens is 402 g/mol. The average molecular weight is 430 g/mol. The summed E-state index contributed by atoms with van der Waals surface area (Å²) in [5.74, 6) is -3.05. The molecule has 0 spiro atoms. The highest BCUT2D eigenvalue weighted by atomic mass is 19.3. The lowest BCUT2D eigenvalue weighted by atomic mass is 9.81. The number of aromatic amines is 1. The van der Waals surface area contributed by atoms with E-state index in [9.17, 15) is 18.4 Å². The number of likely N-dealkylation sites (tertiary alicyclic amines) is 1. The van der Waals surface area contributed by atoms with Gasteiger partial charge in [0.2, 0.25) is 11.5 Å². The summed E-state index contributed by atoms with van der Waals surface area (Å²) in [4.78, 5) is 32.6. The number of hydrogen-bond donors (Lipinski definition) is 2. The number of carbonyl (C=O) groups excluding carboxylic acids is 1. The van der Waals surface area contributed by atoms with Gasteiger partial charge in [0.15, 0.2) is 0 Å². The molecule has 1 amide bonds. The molecule has 0 bridgehead atoms. The fourth-order valence-electron chi connectivity index (χ4n) is 4.31. The summed E-state index contributed by atoms with van der Waals surface area (Å²) in [5.41, 5.74) is 1.20. The van der Waals surface area contributed by atoms with Crippen molar-refractivity contribution in [2.45, 2.75) is 56.9 Å². The van der Waals surface area contributed by atoms with Gasteiger partial charge in [-0.25, -0.2) is 13.8 Å². The first kappa shape index (κ1) is 21.6. The van der Waals surface area contributed by atoms with Crippen LogP contribution in [0.1, 0.15) is 49.7 Å². The molecule has 0 unspecified atom stereocenters. The number of H-pyrrole nitrogens is 1. The summed E-state index contributed by atoms with van der Waals surface area (Å²) in [6, 6.07) is 5.88. The number of amides is 1. The molecule has 166 valence electrons. The van der Waals surface area contributed by atoms with Gasteiger partial charge in [-0.05, 0) is 36.5 Å². The van der Waals surface area contributed by atoms with Crippen LogP contribution in [0.2, 0.25) is 0 Å². The van der Waals surface area contributed by atoms with E-state index in [4.69, 9.17) is 0 Å². The number of nitrogens with zero attached hydrogens (tertiary/aromatic N) is 2. The van der Waals surface area contributed by atoms with Crippen molar-refractivity contribution < 1.29 is 13.6 Å². The number of alkyl halides is 2. The van der Waals surface area contributed by atoms with Crippen molar-refractivity contribution >= 4 is 11.7 Å². The molecule has 2 aliphatic rings. The van der Waals surface area contributed by atoms with E-state index < -0.39 is 17.9 Å². The van der Waals surface area contributed by atoms with E-state index in [2.05, 4.69) is 15.3 Å². The van der Waals surface area contributed by atoms with Crippen LogP contribution >= 0.6 is 0 Å². The quantitative estimate of drug-likeness (QED) is 0.735. The van der Waals surface area contributed by atoms with Crippen LogP contribution in [0.5, 0.6) is 0 Å². The molecular formula is C23H28F2N4O2. The number of aromatic nitrogens is 2. The van der Waals surface area contributed by atoms with Gasteiger partial charge >= 0.3 is 0 Å². The molecule has 3 heterocycles. The van der Waals surface area contributed by atoms with Gasteiger partial charge in [-0.15, -0.1) is 0 Å². The van der Waals surface area contributed by atoms with Crippen molar-refractivity contribution in [1.29, 1.82) is 0 Å². The van der Waals surface area contributed by atoms with Crippen LogP contribution in [0.3, 0.4) is 0 Å². The molecule has 31 heavy (non-hydrogen) atoms. The molecule has 0 aromatic carbocycles. The molecule has 1 aliphatic heterocycles. The zero-order valence-corrected chi connectivity index (χ0v) is 17.6. The topological polar surface area (TPSA) is 78.1 Å². The number of carbonyl (C=O) groups is 1. The summed E-state index contributed by atoms with van der Waals surface area (Å²) >= 11 is 0. The number of hydrogen-bond acceptors (Lipinski definition) is 4. The third-order valence-electron chi connectivity index (χ3n) is 6.62. The highest BCUT2D eigenvalue weighted by Gasteiger charge is 2.46. The van der Waals surface area contributed by atoms with Crippen molar-refractivity contribution in [2.24, 2.45) is 5.92 Å². The predicted molar refractivity (Wildman–Crippen MR) is 114 cm³/mol. The summed E-state index contributed by atoms with van der Waals surface area (Å²) in [7, 11) is 0. The number of nitrogens with one attached hydrogen (secondary N) is 2. The number of halogens is 2. The van der Waals surface area contributed by atoms with Gasteiger partial charge in [0, 0.05) is 38.0 Å². The highest BCUT2D eigenvalue weighted by molar-refractivity contribution is 5.93. The van der Waals surface area contributed by atoms with E-state index in [0.29, 0.717) is 11.4 Å². The second-order valence-electron chi connectivity index (χ2n) is 8.76.